The van der Waals surface area contributed by atoms with Gasteiger partial charge >= 0.3 is 5.97 Å². The van der Waals surface area contributed by atoms with Gasteiger partial charge in [-0.1, -0.05) is 6.07 Å². The van der Waals surface area contributed by atoms with Crippen LogP contribution in [0.25, 0.3) is 0 Å². The molecule has 0 fully saturated rings. The lowest BCUT2D eigenvalue weighted by atomic mass is 9.96. The molecular weight excluding hydrogens is 224 g/mol. The van der Waals surface area contributed by atoms with E-state index in [0.717, 1.165) is 0 Å². The highest BCUT2D eigenvalue weighted by molar-refractivity contribution is 5.97. The molecular formula is C12H14O5. The van der Waals surface area contributed by atoms with Gasteiger partial charge in [-0.05, 0) is 31.0 Å². The lowest BCUT2D eigenvalue weighted by molar-refractivity contribution is -0.145. The number of hydrogen-bond acceptors (Lipinski definition) is 4. The summed E-state index contributed by atoms with van der Waals surface area (Å²) < 4.78 is 4.91. The fourth-order valence-electron chi connectivity index (χ4n) is 1.49. The zero-order valence-electron chi connectivity index (χ0n) is 9.64. The molecule has 0 aliphatic rings. The first-order chi connectivity index (χ1) is 7.95. The number of carbonyl (C=O) groups excluding carboxylic acids is 1. The zero-order valence-corrected chi connectivity index (χ0v) is 9.64. The number of carboxylic acids is 1. The Morgan fingerprint density at radius 2 is 2.06 bits per heavy atom. The average Bonchev–Trinajstić information content (AvgIpc) is 2.26. The van der Waals surface area contributed by atoms with E-state index in [-0.39, 0.29) is 17.9 Å². The van der Waals surface area contributed by atoms with Crippen molar-refractivity contribution in [2.24, 2.45) is 5.92 Å². The molecule has 5 nitrogen and oxygen atoms in total. The molecule has 0 saturated heterocycles. The van der Waals surface area contributed by atoms with Crippen molar-refractivity contribution in [3.63, 3.8) is 0 Å². The second-order valence-electron chi connectivity index (χ2n) is 3.71. The van der Waals surface area contributed by atoms with E-state index in [1.807, 2.05) is 0 Å². The molecule has 1 unspecified atom stereocenters. The number of methoxy groups -OCH3 is 1. The van der Waals surface area contributed by atoms with Crippen LogP contribution in [0.5, 0.6) is 11.5 Å². The van der Waals surface area contributed by atoms with Crippen molar-refractivity contribution in [3.8, 4) is 11.5 Å². The van der Waals surface area contributed by atoms with Crippen LogP contribution in [0.2, 0.25) is 0 Å². The molecule has 0 aromatic heterocycles. The summed E-state index contributed by atoms with van der Waals surface area (Å²) in [6.07, 6.45) is 0.0846. The molecule has 1 atom stereocenters. The number of carboxylic acid groups (broad SMARTS) is 1. The van der Waals surface area contributed by atoms with Crippen LogP contribution in [0.1, 0.15) is 12.5 Å². The highest BCUT2D eigenvalue weighted by atomic mass is 16.5. The highest BCUT2D eigenvalue weighted by Gasteiger charge is 2.23. The Labute approximate surface area is 98.6 Å². The predicted octanol–water partition coefficient (Wildman–Crippen LogP) is 1.23. The monoisotopic (exact) mass is 238 g/mol. The van der Waals surface area contributed by atoms with Gasteiger partial charge in [-0.2, -0.15) is 0 Å². The number of aromatic hydroxyl groups is 1. The molecule has 5 heteroatoms. The Morgan fingerprint density at radius 1 is 1.41 bits per heavy atom. The Hall–Kier alpha value is -2.04. The molecule has 2 N–H and O–H groups in total. The van der Waals surface area contributed by atoms with E-state index in [9.17, 15) is 14.7 Å². The van der Waals surface area contributed by atoms with E-state index in [1.165, 1.54) is 26.2 Å². The van der Waals surface area contributed by atoms with Crippen LogP contribution < -0.4 is 4.74 Å². The van der Waals surface area contributed by atoms with E-state index in [0.29, 0.717) is 5.56 Å². The number of hydrogen-bond donors (Lipinski definition) is 2. The summed E-state index contributed by atoms with van der Waals surface area (Å²) in [6, 6.07) is 4.50. The molecule has 0 radical (unpaired) electrons. The summed E-state index contributed by atoms with van der Waals surface area (Å²) in [5, 5.41) is 18.3. The second-order valence-corrected chi connectivity index (χ2v) is 3.71. The lowest BCUT2D eigenvalue weighted by Gasteiger charge is -2.10. The summed E-state index contributed by atoms with van der Waals surface area (Å²) >= 11 is 0. The van der Waals surface area contributed by atoms with Gasteiger partial charge in [-0.3, -0.25) is 9.59 Å². The summed E-state index contributed by atoms with van der Waals surface area (Å²) in [7, 11) is 1.40. The number of Topliss-reactive ketones (excluding diaryl/α,β-unsaturated/α-hetero) is 1. The van der Waals surface area contributed by atoms with E-state index in [2.05, 4.69) is 0 Å². The minimum Gasteiger partial charge on any atom is -0.504 e. The highest BCUT2D eigenvalue weighted by Crippen LogP contribution is 2.27. The SMILES string of the molecule is COc1cc(CC(C(C)=O)C(=O)O)ccc1O. The Kier molecular flexibility index (Phi) is 4.09. The molecule has 0 aliphatic heterocycles. The third-order valence-electron chi connectivity index (χ3n) is 2.47. The molecule has 0 spiro atoms. The van der Waals surface area contributed by atoms with Gasteiger partial charge in [0.15, 0.2) is 11.5 Å². The summed E-state index contributed by atoms with van der Waals surface area (Å²) in [6.45, 7) is 1.25. The van der Waals surface area contributed by atoms with Gasteiger partial charge in [0.25, 0.3) is 0 Å². The lowest BCUT2D eigenvalue weighted by Crippen LogP contribution is -2.23. The van der Waals surface area contributed by atoms with E-state index in [4.69, 9.17) is 9.84 Å². The molecule has 92 valence electrons. The topological polar surface area (TPSA) is 83.8 Å². The summed E-state index contributed by atoms with van der Waals surface area (Å²) in [5.74, 6) is -2.38. The molecule has 1 rings (SSSR count). The van der Waals surface area contributed by atoms with Crippen LogP contribution in [0, 0.1) is 5.92 Å². The van der Waals surface area contributed by atoms with Crippen molar-refractivity contribution < 1.29 is 24.5 Å². The van der Waals surface area contributed by atoms with Crippen LogP contribution in [0.15, 0.2) is 18.2 Å². The maximum atomic E-state index is 11.1. The molecule has 1 aromatic rings. The van der Waals surface area contributed by atoms with Gasteiger partial charge < -0.3 is 14.9 Å². The van der Waals surface area contributed by atoms with Gasteiger partial charge in [0.2, 0.25) is 0 Å². The van der Waals surface area contributed by atoms with Crippen molar-refractivity contribution in [1.82, 2.24) is 0 Å². The summed E-state index contributed by atoms with van der Waals surface area (Å²) in [4.78, 5) is 22.0. The fraction of sp³-hybridized carbons (Fsp3) is 0.333. The molecule has 17 heavy (non-hydrogen) atoms. The molecule has 0 bridgehead atoms. The van der Waals surface area contributed by atoms with Gasteiger partial charge in [0, 0.05) is 0 Å². The fourth-order valence-corrected chi connectivity index (χ4v) is 1.49. The quantitative estimate of drug-likeness (QED) is 0.754. The number of ether oxygens (including phenoxy) is 1. The molecule has 0 saturated carbocycles. The Morgan fingerprint density at radius 3 is 2.53 bits per heavy atom. The number of phenolic OH excluding ortho intramolecular Hbond substituents is 1. The largest absolute Gasteiger partial charge is 0.504 e. The van der Waals surface area contributed by atoms with Gasteiger partial charge in [-0.15, -0.1) is 0 Å². The maximum Gasteiger partial charge on any atom is 0.314 e. The molecule has 0 amide bonds. The number of benzene rings is 1. The summed E-state index contributed by atoms with van der Waals surface area (Å²) in [5.41, 5.74) is 0.627. The van der Waals surface area contributed by atoms with Crippen LogP contribution in [0.4, 0.5) is 0 Å². The van der Waals surface area contributed by atoms with E-state index >= 15 is 0 Å². The third-order valence-corrected chi connectivity index (χ3v) is 2.47. The van der Waals surface area contributed by atoms with Gasteiger partial charge in [0.05, 0.1) is 7.11 Å². The van der Waals surface area contributed by atoms with Crippen LogP contribution in [-0.4, -0.2) is 29.1 Å². The standard InChI is InChI=1S/C12H14O5/c1-7(13)9(12(15)16)5-8-3-4-10(14)11(6-8)17-2/h3-4,6,9,14H,5H2,1-2H3,(H,15,16). The van der Waals surface area contributed by atoms with Crippen molar-refractivity contribution in [2.45, 2.75) is 13.3 Å². The predicted molar refractivity (Wildman–Crippen MR) is 60.2 cm³/mol. The first-order valence-corrected chi connectivity index (χ1v) is 5.05. The van der Waals surface area contributed by atoms with Crippen LogP contribution >= 0.6 is 0 Å². The zero-order chi connectivity index (χ0) is 13.0. The van der Waals surface area contributed by atoms with E-state index < -0.39 is 17.7 Å². The number of phenols is 1. The van der Waals surface area contributed by atoms with Gasteiger partial charge in [0.1, 0.15) is 11.7 Å². The first-order valence-electron chi connectivity index (χ1n) is 5.05. The van der Waals surface area contributed by atoms with Crippen molar-refractivity contribution in [3.05, 3.63) is 23.8 Å². The number of ketones is 1. The molecule has 0 heterocycles. The van der Waals surface area contributed by atoms with Crippen LogP contribution in [0.3, 0.4) is 0 Å². The number of rotatable bonds is 5. The average molecular weight is 238 g/mol. The number of carbonyl (C=O) groups is 2. The maximum absolute atomic E-state index is 11.1. The third kappa shape index (κ3) is 3.21. The van der Waals surface area contributed by atoms with E-state index in [1.54, 1.807) is 6.07 Å². The number of aliphatic carboxylic acids is 1. The Balaban J connectivity index is 2.94. The second kappa shape index (κ2) is 5.34. The normalized spacial score (nSPS) is 11.9. The molecule has 1 aromatic carbocycles. The van der Waals surface area contributed by atoms with Gasteiger partial charge in [-0.25, -0.2) is 0 Å². The van der Waals surface area contributed by atoms with Crippen LogP contribution in [-0.2, 0) is 16.0 Å². The first kappa shape index (κ1) is 13.0. The minimum atomic E-state index is -1.15. The van der Waals surface area contributed by atoms with Crippen molar-refractivity contribution in [2.75, 3.05) is 7.11 Å². The smallest absolute Gasteiger partial charge is 0.314 e. The minimum absolute atomic E-state index is 0.0223. The Bertz CT molecular complexity index is 425. The molecule has 0 aliphatic carbocycles. The van der Waals surface area contributed by atoms with Crippen molar-refractivity contribution >= 4 is 11.8 Å². The van der Waals surface area contributed by atoms with Crippen molar-refractivity contribution in [1.29, 1.82) is 0 Å².